The number of carbonyl (C=O) groups is 1. The third-order valence-corrected chi connectivity index (χ3v) is 7.60. The van der Waals surface area contributed by atoms with Gasteiger partial charge in [-0.05, 0) is 23.6 Å². The van der Waals surface area contributed by atoms with Gasteiger partial charge in [0, 0.05) is 18.0 Å². The van der Waals surface area contributed by atoms with Crippen molar-refractivity contribution in [2.45, 2.75) is 31.1 Å². The Hall–Kier alpha value is -1.38. The maximum atomic E-state index is 12.0. The van der Waals surface area contributed by atoms with E-state index in [2.05, 4.69) is 18.8 Å². The summed E-state index contributed by atoms with van der Waals surface area (Å²) in [5, 5.41) is 0.466. The lowest BCUT2D eigenvalue weighted by Crippen LogP contribution is -2.37. The monoisotopic (exact) mass is 382 g/mol. The number of aliphatic imine (C=N–C) groups is 1. The van der Waals surface area contributed by atoms with E-state index < -0.39 is 9.84 Å². The number of fused-ring (bicyclic) bond motifs is 1. The molecule has 2 unspecified atom stereocenters. The first-order valence-electron chi connectivity index (χ1n) is 8.17. The summed E-state index contributed by atoms with van der Waals surface area (Å²) in [6, 6.07) is 7.83. The molecule has 1 aromatic carbocycles. The largest absolute Gasteiger partial charge is 0.375 e. The van der Waals surface area contributed by atoms with E-state index in [1.165, 1.54) is 24.4 Å². The van der Waals surface area contributed by atoms with Crippen LogP contribution in [0.15, 0.2) is 29.3 Å². The van der Waals surface area contributed by atoms with Crippen LogP contribution in [0.2, 0.25) is 0 Å². The number of thioether (sulfide) groups is 1. The zero-order valence-electron chi connectivity index (χ0n) is 14.5. The second kappa shape index (κ2) is 7.09. The van der Waals surface area contributed by atoms with Gasteiger partial charge in [-0.3, -0.25) is 4.79 Å². The average molecular weight is 383 g/mol. The van der Waals surface area contributed by atoms with E-state index >= 15 is 0 Å². The van der Waals surface area contributed by atoms with Gasteiger partial charge < -0.3 is 9.64 Å². The minimum Gasteiger partial charge on any atom is -0.375 e. The number of hydrogen-bond donors (Lipinski definition) is 0. The second-order valence-corrected chi connectivity index (χ2v) is 10.00. The van der Waals surface area contributed by atoms with Gasteiger partial charge in [0.2, 0.25) is 0 Å². The summed E-state index contributed by atoms with van der Waals surface area (Å²) < 4.78 is 28.9. The van der Waals surface area contributed by atoms with Crippen molar-refractivity contribution in [3.8, 4) is 0 Å². The number of hydrogen-bond acceptors (Lipinski definition) is 5. The van der Waals surface area contributed by atoms with E-state index in [-0.39, 0.29) is 35.3 Å². The predicted molar refractivity (Wildman–Crippen MR) is 101 cm³/mol. The SMILES string of the molecule is COCC(=O)N=C1SC2CS(=O)(=O)CC2N1c1ccc(C(C)C)cc1. The Morgan fingerprint density at radius 3 is 2.60 bits per heavy atom. The summed E-state index contributed by atoms with van der Waals surface area (Å²) in [7, 11) is -1.61. The minimum atomic E-state index is -3.06. The molecule has 0 spiro atoms. The maximum absolute atomic E-state index is 12.0. The first-order valence-corrected chi connectivity index (χ1v) is 10.9. The summed E-state index contributed by atoms with van der Waals surface area (Å²) in [6.45, 7) is 4.16. The number of rotatable bonds is 4. The van der Waals surface area contributed by atoms with Crippen molar-refractivity contribution in [1.82, 2.24) is 0 Å². The number of methoxy groups -OCH3 is 1. The number of sulfone groups is 1. The Morgan fingerprint density at radius 1 is 1.32 bits per heavy atom. The lowest BCUT2D eigenvalue weighted by atomic mass is 10.0. The third-order valence-electron chi connectivity index (χ3n) is 4.39. The summed E-state index contributed by atoms with van der Waals surface area (Å²) in [4.78, 5) is 18.0. The molecule has 2 aliphatic rings. The second-order valence-electron chi connectivity index (χ2n) is 6.64. The Labute approximate surface area is 152 Å². The Bertz CT molecular complexity index is 787. The van der Waals surface area contributed by atoms with Gasteiger partial charge in [0.05, 0.1) is 17.5 Å². The van der Waals surface area contributed by atoms with E-state index in [0.29, 0.717) is 11.1 Å². The van der Waals surface area contributed by atoms with Crippen LogP contribution in [0.1, 0.15) is 25.3 Å². The molecule has 0 aliphatic carbocycles. The maximum Gasteiger partial charge on any atom is 0.274 e. The number of nitrogens with zero attached hydrogens (tertiary/aromatic N) is 2. The van der Waals surface area contributed by atoms with Crippen molar-refractivity contribution < 1.29 is 17.9 Å². The highest BCUT2D eigenvalue weighted by Crippen LogP contribution is 2.41. The van der Waals surface area contributed by atoms with Crippen molar-refractivity contribution in [3.63, 3.8) is 0 Å². The van der Waals surface area contributed by atoms with Crippen LogP contribution >= 0.6 is 11.8 Å². The predicted octanol–water partition coefficient (Wildman–Crippen LogP) is 2.06. The molecule has 25 heavy (non-hydrogen) atoms. The van der Waals surface area contributed by atoms with Crippen molar-refractivity contribution in [3.05, 3.63) is 29.8 Å². The summed E-state index contributed by atoms with van der Waals surface area (Å²) >= 11 is 1.37. The first kappa shape index (κ1) is 18.4. The molecule has 2 atom stereocenters. The van der Waals surface area contributed by atoms with Gasteiger partial charge in [-0.1, -0.05) is 37.7 Å². The van der Waals surface area contributed by atoms with Gasteiger partial charge in [-0.2, -0.15) is 4.99 Å². The molecule has 0 N–H and O–H groups in total. The molecule has 2 aliphatic heterocycles. The van der Waals surface area contributed by atoms with E-state index in [1.807, 2.05) is 29.2 Å². The van der Waals surface area contributed by atoms with E-state index in [0.717, 1.165) is 5.69 Å². The van der Waals surface area contributed by atoms with Crippen LogP contribution in [0.4, 0.5) is 5.69 Å². The Balaban J connectivity index is 1.96. The van der Waals surface area contributed by atoms with Crippen LogP contribution in [-0.4, -0.2) is 56.0 Å². The Morgan fingerprint density at radius 2 is 2.00 bits per heavy atom. The molecule has 2 fully saturated rings. The third kappa shape index (κ3) is 3.91. The van der Waals surface area contributed by atoms with Crippen molar-refractivity contribution in [1.29, 1.82) is 0 Å². The van der Waals surface area contributed by atoms with Gasteiger partial charge in [0.15, 0.2) is 15.0 Å². The van der Waals surface area contributed by atoms with Crippen LogP contribution in [-0.2, 0) is 19.4 Å². The van der Waals surface area contributed by atoms with E-state index in [1.54, 1.807) is 0 Å². The highest BCUT2D eigenvalue weighted by atomic mass is 32.2. The standard InChI is InChI=1S/C17H22N2O4S2/c1-11(2)12-4-6-13(7-5-12)19-14-9-25(21,22)10-15(14)24-17(19)18-16(20)8-23-3/h4-7,11,14-15H,8-10H2,1-3H3. The minimum absolute atomic E-state index is 0.0855. The molecule has 3 rings (SSSR count). The molecule has 0 saturated carbocycles. The normalized spacial score (nSPS) is 26.4. The lowest BCUT2D eigenvalue weighted by molar-refractivity contribution is -0.121. The lowest BCUT2D eigenvalue weighted by Gasteiger charge is -2.25. The Kier molecular flexibility index (Phi) is 5.22. The highest BCUT2D eigenvalue weighted by molar-refractivity contribution is 8.16. The van der Waals surface area contributed by atoms with Crippen LogP contribution < -0.4 is 4.90 Å². The van der Waals surface area contributed by atoms with Crippen molar-refractivity contribution in [2.24, 2.45) is 4.99 Å². The first-order chi connectivity index (χ1) is 11.8. The quantitative estimate of drug-likeness (QED) is 0.793. The molecule has 1 amide bonds. The number of amidine groups is 1. The molecule has 136 valence electrons. The average Bonchev–Trinajstić information content (AvgIpc) is 2.98. The van der Waals surface area contributed by atoms with Gasteiger partial charge >= 0.3 is 0 Å². The van der Waals surface area contributed by atoms with Gasteiger partial charge in [0.1, 0.15) is 6.61 Å². The van der Waals surface area contributed by atoms with Crippen molar-refractivity contribution >= 4 is 38.4 Å². The van der Waals surface area contributed by atoms with E-state index in [9.17, 15) is 13.2 Å². The molecule has 0 radical (unpaired) electrons. The molecule has 0 aromatic heterocycles. The number of carbonyl (C=O) groups excluding carboxylic acids is 1. The molecular weight excluding hydrogens is 360 g/mol. The van der Waals surface area contributed by atoms with Gasteiger partial charge in [-0.25, -0.2) is 8.42 Å². The number of ether oxygens (including phenoxy) is 1. The fraction of sp³-hybridized carbons (Fsp3) is 0.529. The summed E-state index contributed by atoms with van der Waals surface area (Å²) in [5.41, 5.74) is 2.07. The van der Waals surface area contributed by atoms with Crippen LogP contribution in [0.25, 0.3) is 0 Å². The molecule has 0 bridgehead atoms. The number of anilines is 1. The number of amides is 1. The highest BCUT2D eigenvalue weighted by Gasteiger charge is 2.49. The zero-order chi connectivity index (χ0) is 18.2. The van der Waals surface area contributed by atoms with Gasteiger partial charge in [0.25, 0.3) is 5.91 Å². The van der Waals surface area contributed by atoms with Crippen LogP contribution in [0.3, 0.4) is 0 Å². The molecular formula is C17H22N2O4S2. The van der Waals surface area contributed by atoms with Crippen LogP contribution in [0, 0.1) is 0 Å². The fourth-order valence-corrected chi connectivity index (χ4v) is 7.08. The molecule has 2 heterocycles. The number of benzene rings is 1. The van der Waals surface area contributed by atoms with Gasteiger partial charge in [-0.15, -0.1) is 0 Å². The van der Waals surface area contributed by atoms with E-state index in [4.69, 9.17) is 4.74 Å². The fourth-order valence-electron chi connectivity index (χ4n) is 3.15. The molecule has 6 nitrogen and oxygen atoms in total. The topological polar surface area (TPSA) is 76.0 Å². The molecule has 8 heteroatoms. The molecule has 2 saturated heterocycles. The molecule has 1 aromatic rings. The summed E-state index contributed by atoms with van der Waals surface area (Å²) in [5.74, 6) is 0.267. The zero-order valence-corrected chi connectivity index (χ0v) is 16.1. The smallest absolute Gasteiger partial charge is 0.274 e. The summed E-state index contributed by atoms with van der Waals surface area (Å²) in [6.07, 6.45) is 0. The van der Waals surface area contributed by atoms with Crippen molar-refractivity contribution in [2.75, 3.05) is 30.1 Å². The van der Waals surface area contributed by atoms with Crippen LogP contribution in [0.5, 0.6) is 0 Å².